The van der Waals surface area contributed by atoms with Gasteiger partial charge in [-0.3, -0.25) is 4.79 Å². The molecule has 0 aliphatic carbocycles. The third-order valence-corrected chi connectivity index (χ3v) is 4.28. The Balaban J connectivity index is 2.29. The summed E-state index contributed by atoms with van der Waals surface area (Å²) in [7, 11) is 1.27. The van der Waals surface area contributed by atoms with Gasteiger partial charge in [0, 0.05) is 5.56 Å². The number of ether oxygens (including phenoxy) is 1. The molecule has 8 heteroatoms. The molecule has 0 fully saturated rings. The third-order valence-electron chi connectivity index (χ3n) is 3.62. The molecule has 0 aromatic heterocycles. The number of hydrogen-bond donors (Lipinski definition) is 2. The predicted molar refractivity (Wildman–Crippen MR) is 104 cm³/mol. The highest BCUT2D eigenvalue weighted by Gasteiger charge is 2.35. The first-order chi connectivity index (χ1) is 12.2. The lowest BCUT2D eigenvalue weighted by Gasteiger charge is -2.28. The zero-order valence-corrected chi connectivity index (χ0v) is 16.3. The minimum absolute atomic E-state index is 0.249. The lowest BCUT2D eigenvalue weighted by Crippen LogP contribution is -2.49. The van der Waals surface area contributed by atoms with E-state index in [0.29, 0.717) is 11.3 Å². The van der Waals surface area contributed by atoms with E-state index in [0.717, 1.165) is 5.56 Å². The van der Waals surface area contributed by atoms with Crippen LogP contribution in [0.15, 0.2) is 48.5 Å². The van der Waals surface area contributed by atoms with E-state index in [-0.39, 0.29) is 5.56 Å². The molecular formula is C18H17Cl3N2O3. The number of carbonyl (C=O) groups excluding carboxylic acids is 2. The maximum absolute atomic E-state index is 12.6. The first kappa shape index (κ1) is 20.4. The van der Waals surface area contributed by atoms with Gasteiger partial charge in [0.1, 0.15) is 6.17 Å². The number of halogens is 3. The largest absolute Gasteiger partial charge is 0.465 e. The average Bonchev–Trinajstić information content (AvgIpc) is 2.60. The maximum Gasteiger partial charge on any atom is 0.339 e. The summed E-state index contributed by atoms with van der Waals surface area (Å²) in [5, 5.41) is 5.54. The summed E-state index contributed by atoms with van der Waals surface area (Å²) in [6.07, 6.45) is -1.09. The van der Waals surface area contributed by atoms with Gasteiger partial charge in [0.15, 0.2) is 0 Å². The lowest BCUT2D eigenvalue weighted by atomic mass is 10.1. The Hall–Kier alpha value is -1.95. The Morgan fingerprint density at radius 1 is 1.00 bits per heavy atom. The number of rotatable bonds is 5. The van der Waals surface area contributed by atoms with Crippen LogP contribution in [-0.4, -0.2) is 28.9 Å². The van der Waals surface area contributed by atoms with E-state index in [2.05, 4.69) is 10.6 Å². The summed E-state index contributed by atoms with van der Waals surface area (Å²) in [6.45, 7) is 1.80. The molecule has 0 unspecified atom stereocenters. The van der Waals surface area contributed by atoms with Gasteiger partial charge in [0.2, 0.25) is 3.79 Å². The number of carbonyl (C=O) groups is 2. The molecule has 0 spiro atoms. The summed E-state index contributed by atoms with van der Waals surface area (Å²) >= 11 is 18.1. The second kappa shape index (κ2) is 8.62. The van der Waals surface area contributed by atoms with Crippen LogP contribution in [-0.2, 0) is 4.74 Å². The number of hydrogen-bond acceptors (Lipinski definition) is 4. The number of nitrogens with one attached hydrogen (secondary N) is 2. The molecule has 26 heavy (non-hydrogen) atoms. The Bertz CT molecular complexity index is 806. The summed E-state index contributed by atoms with van der Waals surface area (Å²) in [5.41, 5.74) is 1.85. The van der Waals surface area contributed by atoms with Crippen LogP contribution in [0.5, 0.6) is 0 Å². The van der Waals surface area contributed by atoms with Crippen LogP contribution < -0.4 is 10.6 Å². The van der Waals surface area contributed by atoms with Crippen molar-refractivity contribution in [2.45, 2.75) is 16.9 Å². The van der Waals surface area contributed by atoms with E-state index in [1.165, 1.54) is 7.11 Å². The second-order valence-corrected chi connectivity index (χ2v) is 7.81. The van der Waals surface area contributed by atoms with E-state index in [9.17, 15) is 9.59 Å². The van der Waals surface area contributed by atoms with Crippen molar-refractivity contribution >= 4 is 52.4 Å². The van der Waals surface area contributed by atoms with Gasteiger partial charge in [-0.05, 0) is 30.7 Å². The number of benzene rings is 2. The van der Waals surface area contributed by atoms with Crippen LogP contribution in [0.4, 0.5) is 5.69 Å². The number of esters is 1. The van der Waals surface area contributed by atoms with Gasteiger partial charge >= 0.3 is 5.97 Å². The van der Waals surface area contributed by atoms with Gasteiger partial charge in [-0.1, -0.05) is 65.1 Å². The smallest absolute Gasteiger partial charge is 0.339 e. The van der Waals surface area contributed by atoms with Crippen molar-refractivity contribution in [3.63, 3.8) is 0 Å². The van der Waals surface area contributed by atoms with Gasteiger partial charge < -0.3 is 15.4 Å². The lowest BCUT2D eigenvalue weighted by molar-refractivity contribution is 0.0601. The van der Waals surface area contributed by atoms with E-state index in [1.54, 1.807) is 49.4 Å². The molecule has 1 atom stereocenters. The molecule has 0 saturated heterocycles. The quantitative estimate of drug-likeness (QED) is 0.433. The SMILES string of the molecule is COC(=O)c1ccccc1N[C@@H](NC(=O)c1ccccc1C)C(Cl)(Cl)Cl. The highest BCUT2D eigenvalue weighted by atomic mass is 35.6. The maximum atomic E-state index is 12.6. The van der Waals surface area contributed by atoms with Crippen LogP contribution in [0, 0.1) is 6.92 Å². The number of para-hydroxylation sites is 1. The van der Waals surface area contributed by atoms with Crippen LogP contribution in [0.3, 0.4) is 0 Å². The van der Waals surface area contributed by atoms with Gasteiger partial charge in [0.05, 0.1) is 18.4 Å². The molecule has 0 heterocycles. The Kier molecular flexibility index (Phi) is 6.75. The third kappa shape index (κ3) is 5.04. The molecule has 2 rings (SSSR count). The standard InChI is InChI=1S/C18H17Cl3N2O3/c1-11-7-3-4-8-12(11)15(24)23-17(18(19,20)21)22-14-10-6-5-9-13(14)16(25)26-2/h3-10,17,22H,1-2H3,(H,23,24)/t17-/m0/s1. The van der Waals surface area contributed by atoms with Crippen LogP contribution >= 0.6 is 34.8 Å². The first-order valence-corrected chi connectivity index (χ1v) is 8.74. The fraction of sp³-hybridized carbons (Fsp3) is 0.222. The molecular weight excluding hydrogens is 399 g/mol. The molecule has 0 aliphatic rings. The number of alkyl halides is 3. The van der Waals surface area contributed by atoms with Crippen molar-refractivity contribution in [2.75, 3.05) is 12.4 Å². The zero-order chi connectivity index (χ0) is 19.3. The topological polar surface area (TPSA) is 67.4 Å². The Labute approximate surface area is 166 Å². The minimum atomic E-state index is -1.87. The van der Waals surface area contributed by atoms with Crippen molar-refractivity contribution in [1.29, 1.82) is 0 Å². The molecule has 0 aliphatic heterocycles. The monoisotopic (exact) mass is 414 g/mol. The Morgan fingerprint density at radius 2 is 1.58 bits per heavy atom. The normalized spacial score (nSPS) is 12.2. The van der Waals surface area contributed by atoms with Gasteiger partial charge in [-0.25, -0.2) is 4.79 Å². The van der Waals surface area contributed by atoms with Gasteiger partial charge in [0.25, 0.3) is 5.91 Å². The van der Waals surface area contributed by atoms with Crippen molar-refractivity contribution in [3.8, 4) is 0 Å². The van der Waals surface area contributed by atoms with Crippen molar-refractivity contribution in [1.82, 2.24) is 5.32 Å². The molecule has 2 N–H and O–H groups in total. The minimum Gasteiger partial charge on any atom is -0.465 e. The summed E-state index contributed by atoms with van der Waals surface area (Å²) in [4.78, 5) is 24.5. The van der Waals surface area contributed by atoms with Gasteiger partial charge in [-0.15, -0.1) is 0 Å². The zero-order valence-electron chi connectivity index (χ0n) is 14.1. The number of amides is 1. The van der Waals surface area contributed by atoms with E-state index in [1.807, 2.05) is 6.07 Å². The second-order valence-electron chi connectivity index (χ2n) is 5.44. The van der Waals surface area contributed by atoms with E-state index < -0.39 is 21.8 Å². The fourth-order valence-electron chi connectivity index (χ4n) is 2.29. The summed E-state index contributed by atoms with van der Waals surface area (Å²) in [5.74, 6) is -0.969. The van der Waals surface area contributed by atoms with Crippen molar-refractivity contribution < 1.29 is 14.3 Å². The molecule has 138 valence electrons. The highest BCUT2D eigenvalue weighted by molar-refractivity contribution is 6.68. The molecule has 2 aromatic rings. The number of aryl methyl sites for hydroxylation is 1. The molecule has 0 saturated carbocycles. The van der Waals surface area contributed by atoms with E-state index in [4.69, 9.17) is 39.5 Å². The summed E-state index contributed by atoms with van der Waals surface area (Å²) in [6, 6.07) is 13.6. The van der Waals surface area contributed by atoms with Crippen LogP contribution in [0.1, 0.15) is 26.3 Å². The van der Waals surface area contributed by atoms with Crippen molar-refractivity contribution in [2.24, 2.45) is 0 Å². The average molecular weight is 416 g/mol. The number of anilines is 1. The van der Waals surface area contributed by atoms with Crippen LogP contribution in [0.2, 0.25) is 0 Å². The molecule has 2 aromatic carbocycles. The van der Waals surface area contributed by atoms with Gasteiger partial charge in [-0.2, -0.15) is 0 Å². The van der Waals surface area contributed by atoms with Crippen LogP contribution in [0.25, 0.3) is 0 Å². The Morgan fingerprint density at radius 3 is 2.15 bits per heavy atom. The van der Waals surface area contributed by atoms with Crippen molar-refractivity contribution in [3.05, 3.63) is 65.2 Å². The highest BCUT2D eigenvalue weighted by Crippen LogP contribution is 2.32. The molecule has 0 radical (unpaired) electrons. The fourth-order valence-corrected chi connectivity index (χ4v) is 2.62. The molecule has 1 amide bonds. The predicted octanol–water partition coefficient (Wildman–Crippen LogP) is 4.32. The molecule has 5 nitrogen and oxygen atoms in total. The summed E-state index contributed by atoms with van der Waals surface area (Å²) < 4.78 is 2.87. The molecule has 0 bridgehead atoms. The number of methoxy groups -OCH3 is 1. The first-order valence-electron chi connectivity index (χ1n) is 7.61. The van der Waals surface area contributed by atoms with E-state index >= 15 is 0 Å².